The predicted molar refractivity (Wildman–Crippen MR) is 72.9 cm³/mol. The Morgan fingerprint density at radius 2 is 2.05 bits per heavy atom. The third-order valence-corrected chi connectivity index (χ3v) is 2.66. The molecule has 0 heterocycles. The van der Waals surface area contributed by atoms with E-state index in [1.165, 1.54) is 7.11 Å². The first-order valence-corrected chi connectivity index (χ1v) is 6.15. The van der Waals surface area contributed by atoms with E-state index in [2.05, 4.69) is 5.32 Å². The Balaban J connectivity index is 2.52. The Morgan fingerprint density at radius 3 is 2.60 bits per heavy atom. The molecular weight excluding hydrogens is 262 g/mol. The summed E-state index contributed by atoms with van der Waals surface area (Å²) >= 11 is 0. The van der Waals surface area contributed by atoms with E-state index >= 15 is 0 Å². The van der Waals surface area contributed by atoms with Crippen LogP contribution in [0.1, 0.15) is 11.1 Å². The van der Waals surface area contributed by atoms with E-state index in [-0.39, 0.29) is 13.2 Å². The lowest BCUT2D eigenvalue weighted by Gasteiger charge is -2.14. The molecule has 0 aliphatic heterocycles. The van der Waals surface area contributed by atoms with Gasteiger partial charge in [0.05, 0.1) is 6.61 Å². The maximum absolute atomic E-state index is 11.6. The van der Waals surface area contributed by atoms with Crippen LogP contribution in [0.15, 0.2) is 18.2 Å². The third-order valence-electron chi connectivity index (χ3n) is 2.66. The summed E-state index contributed by atoms with van der Waals surface area (Å²) in [6, 6.07) is 4.53. The van der Waals surface area contributed by atoms with Crippen molar-refractivity contribution in [3.8, 4) is 5.75 Å². The van der Waals surface area contributed by atoms with Crippen molar-refractivity contribution < 1.29 is 24.2 Å². The van der Waals surface area contributed by atoms with Crippen molar-refractivity contribution in [2.75, 3.05) is 20.3 Å². The minimum Gasteiger partial charge on any atom is -0.484 e. The summed E-state index contributed by atoms with van der Waals surface area (Å²) in [7, 11) is 1.37. The van der Waals surface area contributed by atoms with Gasteiger partial charge in [0.1, 0.15) is 5.75 Å². The zero-order valence-electron chi connectivity index (χ0n) is 11.8. The second-order valence-electron chi connectivity index (χ2n) is 4.47. The normalized spacial score (nSPS) is 11.8. The quantitative estimate of drug-likeness (QED) is 0.775. The minimum atomic E-state index is -1.15. The summed E-state index contributed by atoms with van der Waals surface area (Å²) < 4.78 is 10.1. The summed E-state index contributed by atoms with van der Waals surface area (Å²) in [5.74, 6) is -1.05. The zero-order chi connectivity index (χ0) is 15.1. The molecule has 1 unspecified atom stereocenters. The van der Waals surface area contributed by atoms with Gasteiger partial charge in [0, 0.05) is 7.11 Å². The van der Waals surface area contributed by atoms with Gasteiger partial charge in [0.25, 0.3) is 5.91 Å². The average Bonchev–Trinajstić information content (AvgIpc) is 2.37. The summed E-state index contributed by atoms with van der Waals surface area (Å²) in [5, 5.41) is 11.2. The first-order chi connectivity index (χ1) is 9.43. The van der Waals surface area contributed by atoms with Gasteiger partial charge in [-0.1, -0.05) is 17.7 Å². The summed E-state index contributed by atoms with van der Waals surface area (Å²) in [6.45, 7) is 3.51. The Labute approximate surface area is 117 Å². The summed E-state index contributed by atoms with van der Waals surface area (Å²) in [6.07, 6.45) is 0. The molecule has 1 amide bonds. The molecule has 6 heteroatoms. The van der Waals surface area contributed by atoms with Crippen molar-refractivity contribution in [2.24, 2.45) is 0 Å². The SMILES string of the molecule is COCC(NC(=O)COc1ccc(C)cc1C)C(=O)O. The number of carbonyl (C=O) groups is 2. The van der Waals surface area contributed by atoms with Gasteiger partial charge in [0.15, 0.2) is 12.6 Å². The minimum absolute atomic E-state index is 0.0926. The molecule has 0 aromatic heterocycles. The van der Waals surface area contributed by atoms with Crippen molar-refractivity contribution in [3.63, 3.8) is 0 Å². The van der Waals surface area contributed by atoms with Gasteiger partial charge in [0.2, 0.25) is 0 Å². The van der Waals surface area contributed by atoms with Crippen LogP contribution in [0.3, 0.4) is 0 Å². The molecule has 0 saturated carbocycles. The molecule has 0 bridgehead atoms. The number of carbonyl (C=O) groups excluding carboxylic acids is 1. The number of methoxy groups -OCH3 is 1. The molecule has 1 atom stereocenters. The molecule has 1 aromatic rings. The fraction of sp³-hybridized carbons (Fsp3) is 0.429. The third kappa shape index (κ3) is 4.89. The van der Waals surface area contributed by atoms with Gasteiger partial charge in [-0.05, 0) is 25.5 Å². The molecule has 0 aliphatic rings. The van der Waals surface area contributed by atoms with Crippen molar-refractivity contribution in [1.82, 2.24) is 5.32 Å². The summed E-state index contributed by atoms with van der Waals surface area (Å²) in [5.41, 5.74) is 2.02. The van der Waals surface area contributed by atoms with Gasteiger partial charge in [-0.25, -0.2) is 4.79 Å². The number of aryl methyl sites for hydroxylation is 2. The van der Waals surface area contributed by atoms with Gasteiger partial charge in [-0.15, -0.1) is 0 Å². The number of hydrogen-bond acceptors (Lipinski definition) is 4. The Kier molecular flexibility index (Phi) is 5.99. The van der Waals surface area contributed by atoms with Gasteiger partial charge in [-0.2, -0.15) is 0 Å². The average molecular weight is 281 g/mol. The Hall–Kier alpha value is -2.08. The van der Waals surface area contributed by atoms with Crippen LogP contribution in [-0.2, 0) is 14.3 Å². The lowest BCUT2D eigenvalue weighted by Crippen LogP contribution is -2.45. The van der Waals surface area contributed by atoms with E-state index in [9.17, 15) is 9.59 Å². The van der Waals surface area contributed by atoms with E-state index < -0.39 is 17.9 Å². The van der Waals surface area contributed by atoms with Crippen LogP contribution in [0.4, 0.5) is 0 Å². The van der Waals surface area contributed by atoms with Crippen molar-refractivity contribution >= 4 is 11.9 Å². The molecule has 110 valence electrons. The highest BCUT2D eigenvalue weighted by molar-refractivity contribution is 5.84. The number of nitrogens with one attached hydrogen (secondary N) is 1. The van der Waals surface area contributed by atoms with E-state index in [1.807, 2.05) is 26.0 Å². The second kappa shape index (κ2) is 7.49. The first kappa shape index (κ1) is 16.0. The summed E-state index contributed by atoms with van der Waals surface area (Å²) in [4.78, 5) is 22.5. The zero-order valence-corrected chi connectivity index (χ0v) is 11.8. The highest BCUT2D eigenvalue weighted by Gasteiger charge is 2.19. The van der Waals surface area contributed by atoms with Gasteiger partial charge < -0.3 is 19.9 Å². The van der Waals surface area contributed by atoms with Gasteiger partial charge in [-0.3, -0.25) is 4.79 Å². The number of benzene rings is 1. The second-order valence-corrected chi connectivity index (χ2v) is 4.47. The molecule has 0 saturated heterocycles. The Bertz CT molecular complexity index is 486. The van der Waals surface area contributed by atoms with Gasteiger partial charge >= 0.3 is 5.97 Å². The number of rotatable bonds is 7. The lowest BCUT2D eigenvalue weighted by molar-refractivity contribution is -0.143. The highest BCUT2D eigenvalue weighted by Crippen LogP contribution is 2.18. The topological polar surface area (TPSA) is 84.9 Å². The van der Waals surface area contributed by atoms with Crippen molar-refractivity contribution in [2.45, 2.75) is 19.9 Å². The molecule has 0 radical (unpaired) electrons. The lowest BCUT2D eigenvalue weighted by atomic mass is 10.1. The number of aliphatic carboxylic acids is 1. The van der Waals surface area contributed by atoms with Crippen LogP contribution in [0.2, 0.25) is 0 Å². The monoisotopic (exact) mass is 281 g/mol. The Morgan fingerprint density at radius 1 is 1.35 bits per heavy atom. The van der Waals surface area contributed by atoms with E-state index in [0.29, 0.717) is 5.75 Å². The van der Waals surface area contributed by atoms with Crippen LogP contribution in [0.25, 0.3) is 0 Å². The molecule has 6 nitrogen and oxygen atoms in total. The number of amides is 1. The molecule has 0 aliphatic carbocycles. The van der Waals surface area contributed by atoms with Crippen molar-refractivity contribution in [3.05, 3.63) is 29.3 Å². The van der Waals surface area contributed by atoms with Crippen LogP contribution in [-0.4, -0.2) is 43.3 Å². The molecule has 1 aromatic carbocycles. The van der Waals surface area contributed by atoms with Crippen LogP contribution < -0.4 is 10.1 Å². The first-order valence-electron chi connectivity index (χ1n) is 6.15. The predicted octanol–water partition coefficient (Wildman–Crippen LogP) is 0.898. The number of hydrogen-bond donors (Lipinski definition) is 2. The molecule has 0 fully saturated rings. The van der Waals surface area contributed by atoms with Crippen LogP contribution in [0.5, 0.6) is 5.75 Å². The molecule has 0 spiro atoms. The maximum atomic E-state index is 11.6. The van der Waals surface area contributed by atoms with E-state index in [0.717, 1.165) is 11.1 Å². The van der Waals surface area contributed by atoms with Crippen molar-refractivity contribution in [1.29, 1.82) is 0 Å². The smallest absolute Gasteiger partial charge is 0.328 e. The standard InChI is InChI=1S/C14H19NO5/c1-9-4-5-12(10(2)6-9)20-8-13(16)15-11(7-19-3)14(17)18/h4-6,11H,7-8H2,1-3H3,(H,15,16)(H,17,18). The highest BCUT2D eigenvalue weighted by atomic mass is 16.5. The molecule has 20 heavy (non-hydrogen) atoms. The fourth-order valence-electron chi connectivity index (χ4n) is 1.68. The largest absolute Gasteiger partial charge is 0.484 e. The fourth-order valence-corrected chi connectivity index (χ4v) is 1.68. The number of carboxylic acid groups (broad SMARTS) is 1. The maximum Gasteiger partial charge on any atom is 0.328 e. The van der Waals surface area contributed by atoms with Crippen LogP contribution >= 0.6 is 0 Å². The number of ether oxygens (including phenoxy) is 2. The molecule has 1 rings (SSSR count). The number of carboxylic acids is 1. The molecule has 2 N–H and O–H groups in total. The molecular formula is C14H19NO5. The van der Waals surface area contributed by atoms with E-state index in [1.54, 1.807) is 6.07 Å². The van der Waals surface area contributed by atoms with Crippen LogP contribution in [0, 0.1) is 13.8 Å². The van der Waals surface area contributed by atoms with E-state index in [4.69, 9.17) is 14.6 Å².